The molecule has 6 heteroatoms. The third kappa shape index (κ3) is 4.33. The number of fused-ring (bicyclic) bond motifs is 1. The fourth-order valence-corrected chi connectivity index (χ4v) is 3.78. The minimum absolute atomic E-state index is 0.0743. The van der Waals surface area contributed by atoms with Gasteiger partial charge >= 0.3 is 0 Å². The molecule has 0 unspecified atom stereocenters. The van der Waals surface area contributed by atoms with Gasteiger partial charge in [0.1, 0.15) is 11.8 Å². The first-order valence-corrected chi connectivity index (χ1v) is 9.69. The van der Waals surface area contributed by atoms with Crippen LogP contribution in [0.2, 0.25) is 0 Å². The molecule has 1 fully saturated rings. The van der Waals surface area contributed by atoms with Crippen molar-refractivity contribution < 1.29 is 9.53 Å². The first kappa shape index (κ1) is 18.5. The van der Waals surface area contributed by atoms with E-state index in [2.05, 4.69) is 39.4 Å². The van der Waals surface area contributed by atoms with Crippen LogP contribution in [0.4, 0.5) is 5.69 Å². The van der Waals surface area contributed by atoms with Crippen LogP contribution >= 0.6 is 0 Å². The zero-order chi connectivity index (χ0) is 19.3. The van der Waals surface area contributed by atoms with Crippen LogP contribution in [0.5, 0.6) is 5.75 Å². The van der Waals surface area contributed by atoms with E-state index in [0.717, 1.165) is 51.5 Å². The quantitative estimate of drug-likeness (QED) is 0.867. The number of para-hydroxylation sites is 1. The van der Waals surface area contributed by atoms with E-state index in [4.69, 9.17) is 10.00 Å². The van der Waals surface area contributed by atoms with Crippen molar-refractivity contribution in [3.63, 3.8) is 0 Å². The number of nitrogens with one attached hydrogen (secondary N) is 1. The Hall–Kier alpha value is -2.88. The molecule has 0 aromatic heterocycles. The van der Waals surface area contributed by atoms with Gasteiger partial charge in [-0.25, -0.2) is 0 Å². The molecule has 1 N–H and O–H groups in total. The summed E-state index contributed by atoms with van der Waals surface area (Å²) < 4.78 is 5.58. The highest BCUT2D eigenvalue weighted by molar-refractivity contribution is 5.93. The number of hydrogen-bond acceptors (Lipinski definition) is 5. The van der Waals surface area contributed by atoms with Crippen molar-refractivity contribution in [2.24, 2.45) is 0 Å². The van der Waals surface area contributed by atoms with Gasteiger partial charge in [0.25, 0.3) is 0 Å². The number of piperazine rings is 1. The molecule has 0 radical (unpaired) electrons. The van der Waals surface area contributed by atoms with Gasteiger partial charge in [0.05, 0.1) is 24.4 Å². The second-order valence-electron chi connectivity index (χ2n) is 7.30. The van der Waals surface area contributed by atoms with Crippen LogP contribution in [-0.2, 0) is 17.8 Å². The number of anilines is 1. The van der Waals surface area contributed by atoms with Gasteiger partial charge in [0.15, 0.2) is 0 Å². The normalized spacial score (nSPS) is 16.8. The van der Waals surface area contributed by atoms with Gasteiger partial charge in [-0.2, -0.15) is 5.26 Å². The minimum Gasteiger partial charge on any atom is -0.493 e. The van der Waals surface area contributed by atoms with E-state index >= 15 is 0 Å². The average molecular weight is 376 g/mol. The van der Waals surface area contributed by atoms with Crippen molar-refractivity contribution in [1.82, 2.24) is 9.80 Å². The molecular weight excluding hydrogens is 352 g/mol. The molecule has 6 nitrogen and oxygen atoms in total. The maximum atomic E-state index is 12.3. The molecular formula is C22H24N4O2. The summed E-state index contributed by atoms with van der Waals surface area (Å²) in [5, 5.41) is 12.0. The Bertz CT molecular complexity index is 898. The highest BCUT2D eigenvalue weighted by atomic mass is 16.5. The van der Waals surface area contributed by atoms with Crippen LogP contribution in [0.25, 0.3) is 0 Å². The highest BCUT2D eigenvalue weighted by Crippen LogP contribution is 2.26. The Morgan fingerprint density at radius 2 is 1.89 bits per heavy atom. The third-order valence-corrected chi connectivity index (χ3v) is 5.31. The van der Waals surface area contributed by atoms with Crippen LogP contribution in [0.3, 0.4) is 0 Å². The van der Waals surface area contributed by atoms with Crippen LogP contribution in [0.1, 0.15) is 16.7 Å². The largest absolute Gasteiger partial charge is 0.493 e. The molecule has 2 heterocycles. The summed E-state index contributed by atoms with van der Waals surface area (Å²) in [5.74, 6) is 0.951. The fourth-order valence-electron chi connectivity index (χ4n) is 3.78. The first-order valence-electron chi connectivity index (χ1n) is 9.69. The zero-order valence-corrected chi connectivity index (χ0v) is 15.9. The summed E-state index contributed by atoms with van der Waals surface area (Å²) in [6.45, 7) is 5.68. The van der Waals surface area contributed by atoms with E-state index < -0.39 is 0 Å². The summed E-state index contributed by atoms with van der Waals surface area (Å²) >= 11 is 0. The van der Waals surface area contributed by atoms with Gasteiger partial charge in [-0.05, 0) is 29.3 Å². The van der Waals surface area contributed by atoms with Crippen molar-refractivity contribution >= 4 is 11.6 Å². The molecule has 0 saturated carbocycles. The van der Waals surface area contributed by atoms with E-state index in [1.165, 1.54) is 11.1 Å². The lowest BCUT2D eigenvalue weighted by Gasteiger charge is -2.34. The van der Waals surface area contributed by atoms with Gasteiger partial charge in [0, 0.05) is 39.1 Å². The molecule has 1 amide bonds. The van der Waals surface area contributed by atoms with Gasteiger partial charge < -0.3 is 10.1 Å². The minimum atomic E-state index is -0.0743. The summed E-state index contributed by atoms with van der Waals surface area (Å²) in [6.07, 6.45) is 1.00. The number of amides is 1. The van der Waals surface area contributed by atoms with Gasteiger partial charge in [-0.15, -0.1) is 0 Å². The summed E-state index contributed by atoms with van der Waals surface area (Å²) in [5.41, 5.74) is 3.70. The number of hydrogen-bond donors (Lipinski definition) is 1. The molecule has 0 spiro atoms. The monoisotopic (exact) mass is 376 g/mol. The molecule has 2 aromatic carbocycles. The molecule has 2 aliphatic heterocycles. The molecule has 1 saturated heterocycles. The maximum Gasteiger partial charge on any atom is 0.238 e. The number of nitriles is 1. The van der Waals surface area contributed by atoms with Crippen molar-refractivity contribution in [2.75, 3.05) is 44.6 Å². The van der Waals surface area contributed by atoms with Crippen molar-refractivity contribution in [1.29, 1.82) is 5.26 Å². The van der Waals surface area contributed by atoms with E-state index in [1.54, 1.807) is 18.2 Å². The average Bonchev–Trinajstić information content (AvgIpc) is 3.18. The lowest BCUT2D eigenvalue weighted by Crippen LogP contribution is -2.48. The number of nitrogens with zero attached hydrogens (tertiary/aromatic N) is 3. The second-order valence-corrected chi connectivity index (χ2v) is 7.30. The number of carbonyl (C=O) groups is 1. The zero-order valence-electron chi connectivity index (χ0n) is 15.9. The molecule has 0 bridgehead atoms. The van der Waals surface area contributed by atoms with E-state index in [0.29, 0.717) is 17.8 Å². The summed E-state index contributed by atoms with van der Waals surface area (Å²) in [4.78, 5) is 16.9. The number of carbonyl (C=O) groups excluding carboxylic acids is 1. The Kier molecular flexibility index (Phi) is 5.56. The number of ether oxygens (including phenoxy) is 1. The van der Waals surface area contributed by atoms with Gasteiger partial charge in [-0.1, -0.05) is 24.3 Å². The maximum absolute atomic E-state index is 12.3. The SMILES string of the molecule is N#Cc1ccccc1NC(=O)CN1CCN(Cc2ccc3c(c2)CCO3)CC1. The molecule has 2 aliphatic rings. The fraction of sp³-hybridized carbons (Fsp3) is 0.364. The summed E-state index contributed by atoms with van der Waals surface area (Å²) in [6, 6.07) is 15.7. The second kappa shape index (κ2) is 8.42. The number of benzene rings is 2. The Morgan fingerprint density at radius 1 is 1.11 bits per heavy atom. The van der Waals surface area contributed by atoms with Crippen molar-refractivity contribution in [2.45, 2.75) is 13.0 Å². The lowest BCUT2D eigenvalue weighted by atomic mass is 10.1. The van der Waals surface area contributed by atoms with E-state index in [-0.39, 0.29) is 5.91 Å². The molecule has 4 rings (SSSR count). The Balaban J connectivity index is 1.25. The van der Waals surface area contributed by atoms with Crippen molar-refractivity contribution in [3.05, 3.63) is 59.2 Å². The predicted molar refractivity (Wildman–Crippen MR) is 107 cm³/mol. The van der Waals surface area contributed by atoms with Crippen LogP contribution in [-0.4, -0.2) is 55.0 Å². The number of rotatable bonds is 5. The molecule has 0 aliphatic carbocycles. The van der Waals surface area contributed by atoms with E-state index in [9.17, 15) is 4.79 Å². The van der Waals surface area contributed by atoms with Gasteiger partial charge in [-0.3, -0.25) is 14.6 Å². The van der Waals surface area contributed by atoms with Crippen LogP contribution in [0.15, 0.2) is 42.5 Å². The van der Waals surface area contributed by atoms with Gasteiger partial charge in [0.2, 0.25) is 5.91 Å². The van der Waals surface area contributed by atoms with Crippen LogP contribution < -0.4 is 10.1 Å². The topological polar surface area (TPSA) is 68.6 Å². The summed E-state index contributed by atoms with van der Waals surface area (Å²) in [7, 11) is 0. The highest BCUT2D eigenvalue weighted by Gasteiger charge is 2.20. The van der Waals surface area contributed by atoms with Crippen molar-refractivity contribution in [3.8, 4) is 11.8 Å². The molecule has 0 atom stereocenters. The smallest absolute Gasteiger partial charge is 0.238 e. The first-order chi connectivity index (χ1) is 13.7. The Labute approximate surface area is 165 Å². The third-order valence-electron chi connectivity index (χ3n) is 5.31. The predicted octanol–water partition coefficient (Wildman–Crippen LogP) is 2.25. The lowest BCUT2D eigenvalue weighted by molar-refractivity contribution is -0.117. The molecule has 2 aromatic rings. The Morgan fingerprint density at radius 3 is 2.71 bits per heavy atom. The van der Waals surface area contributed by atoms with E-state index in [1.807, 2.05) is 6.07 Å². The molecule has 28 heavy (non-hydrogen) atoms. The van der Waals surface area contributed by atoms with Crippen LogP contribution in [0, 0.1) is 11.3 Å². The standard InChI is InChI=1S/C22H24N4O2/c23-14-19-3-1-2-4-20(19)24-22(27)16-26-10-8-25(9-11-26)15-17-5-6-21-18(13-17)7-12-28-21/h1-6,13H,7-12,15-16H2,(H,24,27). The molecule has 144 valence electrons.